The molecule has 2 aromatic carbocycles. The van der Waals surface area contributed by atoms with Crippen molar-refractivity contribution in [3.8, 4) is 5.75 Å². The lowest BCUT2D eigenvalue weighted by atomic mass is 9.57. The van der Waals surface area contributed by atoms with Gasteiger partial charge in [-0.05, 0) is 67.6 Å². The predicted molar refractivity (Wildman–Crippen MR) is 151 cm³/mol. The molecule has 4 aliphatic rings. The van der Waals surface area contributed by atoms with Crippen molar-refractivity contribution in [2.24, 2.45) is 11.8 Å². The fraction of sp³-hybridized carbons (Fsp3) is 0.387. The minimum Gasteiger partial charge on any atom is -0.508 e. The van der Waals surface area contributed by atoms with Crippen molar-refractivity contribution >= 4 is 34.8 Å². The highest BCUT2D eigenvalue weighted by molar-refractivity contribution is 6.32. The summed E-state index contributed by atoms with van der Waals surface area (Å²) in [6.45, 7) is 1.96. The highest BCUT2D eigenvalue weighted by Gasteiger charge is 2.64. The van der Waals surface area contributed by atoms with Gasteiger partial charge in [-0.25, -0.2) is 0 Å². The number of hydrogen-bond donors (Lipinski definition) is 4. The van der Waals surface area contributed by atoms with Gasteiger partial charge >= 0.3 is 5.91 Å². The molecule has 11 heteroatoms. The Morgan fingerprint density at radius 1 is 1.17 bits per heavy atom. The maximum atomic E-state index is 13.9. The molecule has 10 nitrogen and oxygen atoms in total. The minimum absolute atomic E-state index is 0.0309. The number of phenolic OH excluding ortho intramolecular Hbond substituents is 1. The first kappa shape index (κ1) is 28.4. The van der Waals surface area contributed by atoms with Crippen LogP contribution in [0.5, 0.6) is 5.75 Å². The van der Waals surface area contributed by atoms with Crippen LogP contribution in [0.3, 0.4) is 0 Å². The maximum Gasteiger partial charge on any atom is 0.302 e. The van der Waals surface area contributed by atoms with Crippen LogP contribution < -0.4 is 5.73 Å². The second kappa shape index (κ2) is 9.95. The van der Waals surface area contributed by atoms with Gasteiger partial charge in [-0.15, -0.1) is 5.73 Å². The average molecular weight is 592 g/mol. The largest absolute Gasteiger partial charge is 0.508 e. The van der Waals surface area contributed by atoms with Gasteiger partial charge in [0.25, 0.3) is 0 Å². The van der Waals surface area contributed by atoms with E-state index in [2.05, 4.69) is 17.0 Å². The van der Waals surface area contributed by atoms with Crippen molar-refractivity contribution in [3.05, 3.63) is 80.1 Å². The fourth-order valence-corrected chi connectivity index (χ4v) is 7.65. The molecule has 1 saturated carbocycles. The molecule has 2 radical (unpaired) electrons. The third kappa shape index (κ3) is 4.00. The number of aliphatic hydroxyl groups is 3. The third-order valence-corrected chi connectivity index (χ3v) is 9.77. The van der Waals surface area contributed by atoms with Crippen LogP contribution in [0.1, 0.15) is 34.2 Å². The molecule has 4 N–H and O–H groups in total. The molecule has 0 spiro atoms. The van der Waals surface area contributed by atoms with E-state index in [0.29, 0.717) is 29.2 Å². The van der Waals surface area contributed by atoms with E-state index in [1.165, 1.54) is 36.2 Å². The zero-order chi connectivity index (χ0) is 30.2. The first-order valence-corrected chi connectivity index (χ1v) is 14.1. The molecule has 1 fully saturated rings. The van der Waals surface area contributed by atoms with Gasteiger partial charge in [-0.2, -0.15) is 0 Å². The molecule has 218 valence electrons. The summed E-state index contributed by atoms with van der Waals surface area (Å²) in [5.41, 5.74) is 9.19. The topological polar surface area (TPSA) is 161 Å². The van der Waals surface area contributed by atoms with E-state index in [1.807, 2.05) is 12.1 Å². The van der Waals surface area contributed by atoms with E-state index in [0.717, 1.165) is 13.0 Å². The van der Waals surface area contributed by atoms with Gasteiger partial charge in [-0.3, -0.25) is 24.2 Å². The van der Waals surface area contributed by atoms with Gasteiger partial charge in [0.05, 0.1) is 11.6 Å². The van der Waals surface area contributed by atoms with Crippen LogP contribution in [-0.2, 0) is 40.3 Å². The highest BCUT2D eigenvalue weighted by atomic mass is 35.5. The summed E-state index contributed by atoms with van der Waals surface area (Å²) in [7, 11) is 3.04. The van der Waals surface area contributed by atoms with Crippen molar-refractivity contribution in [2.75, 3.05) is 20.6 Å². The number of benzene rings is 2. The van der Waals surface area contributed by atoms with Gasteiger partial charge in [-0.1, -0.05) is 35.9 Å². The van der Waals surface area contributed by atoms with E-state index < -0.39 is 58.0 Å². The van der Waals surface area contributed by atoms with Gasteiger partial charge in [0, 0.05) is 36.1 Å². The summed E-state index contributed by atoms with van der Waals surface area (Å²) in [5.74, 6) is -7.80. The van der Waals surface area contributed by atoms with Gasteiger partial charge in [0.2, 0.25) is 5.78 Å². The highest BCUT2D eigenvalue weighted by Crippen LogP contribution is 2.53. The molecule has 4 atom stereocenters. The minimum atomic E-state index is -2.75. The van der Waals surface area contributed by atoms with E-state index >= 15 is 0 Å². The summed E-state index contributed by atoms with van der Waals surface area (Å²) in [6.07, 6.45) is 0.973. The lowest BCUT2D eigenvalue weighted by Crippen LogP contribution is -2.65. The number of fused-ring (bicyclic) bond motifs is 4. The van der Waals surface area contributed by atoms with Crippen molar-refractivity contribution < 1.29 is 34.8 Å². The van der Waals surface area contributed by atoms with E-state index in [1.54, 1.807) is 0 Å². The molecule has 1 amide bonds. The monoisotopic (exact) mass is 591 g/mol. The number of carbonyl (C=O) groups excluding carboxylic acids is 3. The SMILES string of the molecule is CN(C)[C@@H]1C(=O)C(C([N])=O)=C(O)[C@@]2(O)C(=O)C3=C(O)c4c(O)cc(CN5CCc6ccccc6C5)c(Cl)c4C[C@H]3C[C@@H]12. The van der Waals surface area contributed by atoms with E-state index in [-0.39, 0.29) is 29.7 Å². The first-order valence-electron chi connectivity index (χ1n) is 13.8. The molecule has 3 aliphatic carbocycles. The molecule has 0 aromatic heterocycles. The van der Waals surface area contributed by atoms with Crippen molar-refractivity contribution in [1.29, 1.82) is 0 Å². The van der Waals surface area contributed by atoms with E-state index in [9.17, 15) is 40.5 Å². The Bertz CT molecular complexity index is 1630. The molecular formula is C31H30ClN3O7. The predicted octanol–water partition coefficient (Wildman–Crippen LogP) is 2.29. The number of carbonyl (C=O) groups is 3. The second-order valence-electron chi connectivity index (χ2n) is 11.9. The van der Waals surface area contributed by atoms with Crippen LogP contribution in [-0.4, -0.2) is 80.0 Å². The Labute approximate surface area is 247 Å². The Hall–Kier alpha value is -3.70. The van der Waals surface area contributed by atoms with Crippen LogP contribution >= 0.6 is 11.6 Å². The number of Topliss-reactive ketones (excluding diaryl/α,β-unsaturated/α-hetero) is 2. The second-order valence-corrected chi connectivity index (χ2v) is 12.2. The number of nitrogens with zero attached hydrogens (tertiary/aromatic N) is 3. The number of ketones is 2. The zero-order valence-electron chi connectivity index (χ0n) is 23.1. The number of rotatable bonds is 4. The van der Waals surface area contributed by atoms with Gasteiger partial charge in [0.1, 0.15) is 22.8 Å². The lowest BCUT2D eigenvalue weighted by Gasteiger charge is -2.50. The van der Waals surface area contributed by atoms with Crippen LogP contribution in [0.25, 0.3) is 5.76 Å². The average Bonchev–Trinajstić information content (AvgIpc) is 2.93. The smallest absolute Gasteiger partial charge is 0.302 e. The standard InChI is InChI=1S/C31H30ClN3O7/c1-34(2)25-19-10-16-9-18-22(26(37)21(16)28(39)31(19,42)29(40)23(27(25)38)30(33)41)20(36)11-17(24(18)32)13-35-8-7-14-5-3-4-6-15(14)12-35/h3-6,11,16,19,25,36-37,40,42H,7-10,12-13H2,1-2H3/t16-,19-,25-,31-/m0/s1. The first-order chi connectivity index (χ1) is 19.9. The molecule has 0 saturated heterocycles. The number of amides is 1. The molecule has 0 bridgehead atoms. The number of aromatic hydroxyl groups is 1. The molecule has 1 aliphatic heterocycles. The molecule has 42 heavy (non-hydrogen) atoms. The zero-order valence-corrected chi connectivity index (χ0v) is 23.9. The summed E-state index contributed by atoms with van der Waals surface area (Å²) in [6, 6.07) is 8.46. The number of hydrogen-bond acceptors (Lipinski definition) is 9. The van der Waals surface area contributed by atoms with Crippen LogP contribution in [0, 0.1) is 11.8 Å². The molecular weight excluding hydrogens is 562 g/mol. The number of phenols is 1. The summed E-state index contributed by atoms with van der Waals surface area (Å²) < 4.78 is 0. The quantitative estimate of drug-likeness (QED) is 0.391. The molecule has 2 aromatic rings. The Morgan fingerprint density at radius 3 is 2.52 bits per heavy atom. The summed E-state index contributed by atoms with van der Waals surface area (Å²) in [5, 5.41) is 45.3. The normalized spacial score (nSPS) is 27.5. The van der Waals surface area contributed by atoms with Crippen molar-refractivity contribution in [2.45, 2.75) is 44.0 Å². The number of halogens is 1. The van der Waals surface area contributed by atoms with Crippen molar-refractivity contribution in [1.82, 2.24) is 15.5 Å². The van der Waals surface area contributed by atoms with Gasteiger partial charge < -0.3 is 20.4 Å². The number of aliphatic hydroxyl groups excluding tert-OH is 2. The van der Waals surface area contributed by atoms with Crippen LogP contribution in [0.15, 0.2) is 47.2 Å². The third-order valence-electron chi connectivity index (χ3n) is 9.30. The maximum absolute atomic E-state index is 13.9. The Kier molecular flexibility index (Phi) is 6.73. The fourth-order valence-electron chi connectivity index (χ4n) is 7.36. The molecule has 0 unspecified atom stereocenters. The van der Waals surface area contributed by atoms with Crippen molar-refractivity contribution in [3.63, 3.8) is 0 Å². The molecule has 6 rings (SSSR count). The van der Waals surface area contributed by atoms with E-state index in [4.69, 9.17) is 11.6 Å². The van der Waals surface area contributed by atoms with Gasteiger partial charge in [0.15, 0.2) is 11.4 Å². The Balaban J connectivity index is 1.42. The lowest BCUT2D eigenvalue weighted by molar-refractivity contribution is -0.153. The number of likely N-dealkylation sites (N-methyl/N-ethyl adjacent to an activating group) is 1. The Morgan fingerprint density at radius 2 is 1.86 bits per heavy atom. The summed E-state index contributed by atoms with van der Waals surface area (Å²) >= 11 is 6.91. The van der Waals surface area contributed by atoms with Crippen LogP contribution in [0.2, 0.25) is 5.02 Å². The summed E-state index contributed by atoms with van der Waals surface area (Å²) in [4.78, 5) is 42.6. The molecule has 1 heterocycles. The van der Waals surface area contributed by atoms with Crippen LogP contribution in [0.4, 0.5) is 0 Å².